The first kappa shape index (κ1) is 7.80. The van der Waals surface area contributed by atoms with Crippen LogP contribution in [0, 0.1) is 12.8 Å². The minimum atomic E-state index is 0.671. The largest absolute Gasteiger partial charge is 0.381 e. The average molecular weight is 166 g/mol. The fourth-order valence-corrected chi connectivity index (χ4v) is 1.56. The predicted octanol–water partition coefficient (Wildman–Crippen LogP) is 1.23. The van der Waals surface area contributed by atoms with Crippen LogP contribution < -0.4 is 0 Å². The van der Waals surface area contributed by atoms with Crippen molar-refractivity contribution in [2.24, 2.45) is 5.92 Å². The summed E-state index contributed by atoms with van der Waals surface area (Å²) in [6.45, 7) is 4.90. The highest BCUT2D eigenvalue weighted by atomic mass is 16.5. The van der Waals surface area contributed by atoms with Gasteiger partial charge in [0.25, 0.3) is 0 Å². The Morgan fingerprint density at radius 1 is 1.75 bits per heavy atom. The fourth-order valence-electron chi connectivity index (χ4n) is 1.56. The van der Waals surface area contributed by atoms with Crippen molar-refractivity contribution >= 4 is 0 Å². The van der Waals surface area contributed by atoms with E-state index in [2.05, 4.69) is 18.2 Å². The minimum absolute atomic E-state index is 0.671. The Labute approximate surface area is 72.3 Å². The molecular formula is C9H14N2O. The van der Waals surface area contributed by atoms with Gasteiger partial charge >= 0.3 is 0 Å². The normalized spacial score (nSPS) is 23.2. The van der Waals surface area contributed by atoms with Gasteiger partial charge in [-0.25, -0.2) is 0 Å². The number of aryl methyl sites for hydroxylation is 1. The van der Waals surface area contributed by atoms with Crippen LogP contribution in [0.2, 0.25) is 0 Å². The maximum Gasteiger partial charge on any atom is 0.0518 e. The predicted molar refractivity (Wildman–Crippen MR) is 45.9 cm³/mol. The Morgan fingerprint density at radius 2 is 2.67 bits per heavy atom. The molecule has 1 atom stereocenters. The van der Waals surface area contributed by atoms with E-state index in [0.29, 0.717) is 5.92 Å². The third-order valence-electron chi connectivity index (χ3n) is 2.23. The zero-order chi connectivity index (χ0) is 8.39. The third kappa shape index (κ3) is 1.67. The van der Waals surface area contributed by atoms with Crippen molar-refractivity contribution in [3.05, 3.63) is 18.0 Å². The molecule has 1 aromatic rings. The summed E-state index contributed by atoms with van der Waals surface area (Å²) in [5.74, 6) is 0.671. The lowest BCUT2D eigenvalue weighted by molar-refractivity contribution is 0.181. The van der Waals surface area contributed by atoms with E-state index in [1.165, 1.54) is 12.0 Å². The van der Waals surface area contributed by atoms with Crippen molar-refractivity contribution in [1.29, 1.82) is 0 Å². The van der Waals surface area contributed by atoms with Crippen LogP contribution in [-0.2, 0) is 11.3 Å². The third-order valence-corrected chi connectivity index (χ3v) is 2.23. The summed E-state index contributed by atoms with van der Waals surface area (Å²) in [4.78, 5) is 0. The van der Waals surface area contributed by atoms with Gasteiger partial charge in [0.05, 0.1) is 12.8 Å². The van der Waals surface area contributed by atoms with E-state index in [1.807, 2.05) is 10.9 Å². The highest BCUT2D eigenvalue weighted by Crippen LogP contribution is 2.14. The average Bonchev–Trinajstić information content (AvgIpc) is 2.63. The summed E-state index contributed by atoms with van der Waals surface area (Å²) in [5.41, 5.74) is 1.23. The molecule has 3 heteroatoms. The number of ether oxygens (including phenoxy) is 1. The molecule has 0 bridgehead atoms. The molecule has 0 unspecified atom stereocenters. The Kier molecular flexibility index (Phi) is 2.13. The second-order valence-electron chi connectivity index (χ2n) is 3.47. The van der Waals surface area contributed by atoms with Gasteiger partial charge in [-0.05, 0) is 18.9 Å². The molecule has 0 aliphatic carbocycles. The van der Waals surface area contributed by atoms with Gasteiger partial charge in [0.1, 0.15) is 0 Å². The summed E-state index contributed by atoms with van der Waals surface area (Å²) in [6.07, 6.45) is 5.16. The van der Waals surface area contributed by atoms with Gasteiger partial charge in [0.2, 0.25) is 0 Å². The highest BCUT2D eigenvalue weighted by Gasteiger charge is 2.15. The van der Waals surface area contributed by atoms with Gasteiger partial charge in [-0.3, -0.25) is 4.68 Å². The van der Waals surface area contributed by atoms with Gasteiger partial charge in [0.15, 0.2) is 0 Å². The van der Waals surface area contributed by atoms with Gasteiger partial charge in [-0.1, -0.05) is 0 Å². The molecule has 0 spiro atoms. The number of nitrogens with zero attached hydrogens (tertiary/aromatic N) is 2. The lowest BCUT2D eigenvalue weighted by Gasteiger charge is -2.06. The van der Waals surface area contributed by atoms with Crippen LogP contribution in [0.4, 0.5) is 0 Å². The highest BCUT2D eigenvalue weighted by molar-refractivity contribution is 4.99. The van der Waals surface area contributed by atoms with Crippen molar-refractivity contribution in [2.75, 3.05) is 13.2 Å². The molecule has 0 amide bonds. The zero-order valence-electron chi connectivity index (χ0n) is 7.36. The Balaban J connectivity index is 1.94. The molecule has 1 saturated heterocycles. The van der Waals surface area contributed by atoms with E-state index in [-0.39, 0.29) is 0 Å². The first-order chi connectivity index (χ1) is 5.84. The second-order valence-corrected chi connectivity index (χ2v) is 3.47. The Morgan fingerprint density at radius 3 is 3.25 bits per heavy atom. The van der Waals surface area contributed by atoms with Crippen LogP contribution in [-0.4, -0.2) is 23.0 Å². The van der Waals surface area contributed by atoms with E-state index in [4.69, 9.17) is 4.74 Å². The van der Waals surface area contributed by atoms with Crippen molar-refractivity contribution in [3.8, 4) is 0 Å². The van der Waals surface area contributed by atoms with Crippen LogP contribution in [0.5, 0.6) is 0 Å². The van der Waals surface area contributed by atoms with E-state index >= 15 is 0 Å². The molecule has 0 radical (unpaired) electrons. The second kappa shape index (κ2) is 3.27. The van der Waals surface area contributed by atoms with Crippen LogP contribution in [0.15, 0.2) is 12.4 Å². The summed E-state index contributed by atoms with van der Waals surface area (Å²) in [6, 6.07) is 0. The zero-order valence-corrected chi connectivity index (χ0v) is 7.36. The number of rotatable bonds is 2. The Hall–Kier alpha value is -0.830. The van der Waals surface area contributed by atoms with Gasteiger partial charge in [-0.15, -0.1) is 0 Å². The maximum atomic E-state index is 5.29. The lowest BCUT2D eigenvalue weighted by atomic mass is 10.1. The number of hydrogen-bond acceptors (Lipinski definition) is 2. The molecule has 0 saturated carbocycles. The van der Waals surface area contributed by atoms with Crippen LogP contribution in [0.3, 0.4) is 0 Å². The molecule has 1 aromatic heterocycles. The van der Waals surface area contributed by atoms with Crippen LogP contribution in [0.25, 0.3) is 0 Å². The molecule has 0 aromatic carbocycles. The van der Waals surface area contributed by atoms with Gasteiger partial charge in [-0.2, -0.15) is 5.10 Å². The molecular weight excluding hydrogens is 152 g/mol. The smallest absolute Gasteiger partial charge is 0.0518 e. The molecule has 0 N–H and O–H groups in total. The van der Waals surface area contributed by atoms with E-state index in [1.54, 1.807) is 0 Å². The first-order valence-corrected chi connectivity index (χ1v) is 4.41. The monoisotopic (exact) mass is 166 g/mol. The van der Waals surface area contributed by atoms with E-state index in [9.17, 15) is 0 Å². The molecule has 66 valence electrons. The maximum absolute atomic E-state index is 5.29. The number of aromatic nitrogens is 2. The molecule has 2 rings (SSSR count). The molecule has 1 aliphatic heterocycles. The molecule has 1 aliphatic rings. The first-order valence-electron chi connectivity index (χ1n) is 4.41. The molecule has 2 heterocycles. The van der Waals surface area contributed by atoms with E-state index in [0.717, 1.165) is 19.8 Å². The van der Waals surface area contributed by atoms with Crippen LogP contribution in [0.1, 0.15) is 12.0 Å². The summed E-state index contributed by atoms with van der Waals surface area (Å²) in [7, 11) is 0. The van der Waals surface area contributed by atoms with Crippen molar-refractivity contribution in [3.63, 3.8) is 0 Å². The summed E-state index contributed by atoms with van der Waals surface area (Å²) in [5, 5.41) is 4.24. The lowest BCUT2D eigenvalue weighted by Crippen LogP contribution is -2.10. The van der Waals surface area contributed by atoms with Gasteiger partial charge < -0.3 is 4.74 Å². The van der Waals surface area contributed by atoms with Gasteiger partial charge in [0, 0.05) is 25.3 Å². The fraction of sp³-hybridized carbons (Fsp3) is 0.667. The van der Waals surface area contributed by atoms with Crippen LogP contribution >= 0.6 is 0 Å². The summed E-state index contributed by atoms with van der Waals surface area (Å²) < 4.78 is 7.30. The Bertz CT molecular complexity index is 251. The molecule has 12 heavy (non-hydrogen) atoms. The topological polar surface area (TPSA) is 27.1 Å². The SMILES string of the molecule is Cc1cnn(C[C@H]2CCOC2)c1. The number of hydrogen-bond donors (Lipinski definition) is 0. The molecule has 3 nitrogen and oxygen atoms in total. The molecule has 1 fully saturated rings. The quantitative estimate of drug-likeness (QED) is 0.660. The van der Waals surface area contributed by atoms with Crippen molar-refractivity contribution < 1.29 is 4.74 Å². The standard InChI is InChI=1S/C9H14N2O/c1-8-4-10-11(5-8)6-9-2-3-12-7-9/h4-5,9H,2-3,6-7H2,1H3/t9-/m1/s1. The summed E-state index contributed by atoms with van der Waals surface area (Å²) >= 11 is 0. The minimum Gasteiger partial charge on any atom is -0.381 e. The van der Waals surface area contributed by atoms with E-state index < -0.39 is 0 Å². The van der Waals surface area contributed by atoms with Crippen molar-refractivity contribution in [2.45, 2.75) is 19.9 Å². The van der Waals surface area contributed by atoms with Crippen molar-refractivity contribution in [1.82, 2.24) is 9.78 Å².